The number of amides is 3. The van der Waals surface area contributed by atoms with Crippen LogP contribution in [0.1, 0.15) is 68.5 Å². The van der Waals surface area contributed by atoms with Crippen LogP contribution in [0.25, 0.3) is 16.6 Å². The molecule has 3 aliphatic rings. The second kappa shape index (κ2) is 19.0. The van der Waals surface area contributed by atoms with Gasteiger partial charge in [0.1, 0.15) is 35.6 Å². The average Bonchev–Trinajstić information content (AvgIpc) is 3.79. The number of rotatable bonds is 13. The molecule has 3 N–H and O–H groups in total. The van der Waals surface area contributed by atoms with Crippen LogP contribution in [0.15, 0.2) is 72.0 Å². The molecule has 0 spiro atoms. The molecule has 334 valence electrons. The Balaban J connectivity index is 0.847. The summed E-state index contributed by atoms with van der Waals surface area (Å²) in [5.74, 6) is -2.14. The van der Waals surface area contributed by atoms with Crippen LogP contribution in [0.3, 0.4) is 0 Å². The summed E-state index contributed by atoms with van der Waals surface area (Å²) < 4.78 is 56.1. The second-order valence-corrected chi connectivity index (χ2v) is 17.5. The molecule has 0 saturated carbocycles. The number of carbonyl (C=O) groups excluding carboxylic acids is 3. The van der Waals surface area contributed by atoms with Crippen molar-refractivity contribution in [1.82, 2.24) is 38.8 Å². The third-order valence-corrected chi connectivity index (χ3v) is 13.3. The van der Waals surface area contributed by atoms with Crippen LogP contribution in [0.4, 0.5) is 20.2 Å². The van der Waals surface area contributed by atoms with E-state index >= 15 is 8.78 Å². The van der Waals surface area contributed by atoms with Crippen LogP contribution in [0, 0.1) is 23.0 Å². The molecular formula is C44H47F2N11O6S. The van der Waals surface area contributed by atoms with Crippen molar-refractivity contribution < 1.29 is 32.1 Å². The van der Waals surface area contributed by atoms with Gasteiger partial charge in [0.25, 0.3) is 5.56 Å². The minimum atomic E-state index is -1.69. The average molecular weight is 896 g/mol. The minimum Gasteiger partial charge on any atom is -0.453 e. The molecule has 3 amide bonds. The van der Waals surface area contributed by atoms with E-state index in [-0.39, 0.29) is 70.7 Å². The number of piperidine rings is 3. The van der Waals surface area contributed by atoms with Crippen LogP contribution in [0.2, 0.25) is 0 Å². The summed E-state index contributed by atoms with van der Waals surface area (Å²) >= 11 is -1.69. The number of ether oxygens (including phenoxy) is 1. The number of likely N-dealkylation sites (tertiary alicyclic amines) is 2. The molecule has 20 heteroatoms. The molecule has 3 fully saturated rings. The normalized spacial score (nSPS) is 18.2. The van der Waals surface area contributed by atoms with Crippen molar-refractivity contribution in [3.8, 4) is 23.3 Å². The number of carbonyl (C=O) groups is 3. The van der Waals surface area contributed by atoms with E-state index in [4.69, 9.17) is 4.74 Å². The lowest BCUT2D eigenvalue weighted by atomic mass is 9.89. The SMILES string of the molecule is CCN(C)S(=O)Nc1ccc(F)c(Oc2ccc3ncn(-c4cnn(C5CCN(C(=O)CN6CCC(c7ccc(NC8CCC(=O)NC8=O)cc7F)CC6)CC5)c4)c(=O)c3c2)c1C#N. The highest BCUT2D eigenvalue weighted by Crippen LogP contribution is 2.35. The number of imide groups is 1. The zero-order valence-corrected chi connectivity index (χ0v) is 36.1. The van der Waals surface area contributed by atoms with Crippen molar-refractivity contribution in [3.63, 3.8) is 0 Å². The van der Waals surface area contributed by atoms with E-state index in [1.165, 1.54) is 39.5 Å². The zero-order chi connectivity index (χ0) is 45.1. The number of fused-ring (bicyclic) bond motifs is 1. The summed E-state index contributed by atoms with van der Waals surface area (Å²) in [6.45, 7) is 4.95. The van der Waals surface area contributed by atoms with Crippen molar-refractivity contribution in [2.75, 3.05) is 56.4 Å². The van der Waals surface area contributed by atoms with Crippen molar-refractivity contribution in [1.29, 1.82) is 5.26 Å². The largest absolute Gasteiger partial charge is 0.453 e. The zero-order valence-electron chi connectivity index (χ0n) is 35.3. The molecule has 0 aliphatic carbocycles. The molecule has 5 heterocycles. The molecule has 0 radical (unpaired) electrons. The van der Waals surface area contributed by atoms with Gasteiger partial charge in [-0.2, -0.15) is 10.4 Å². The third kappa shape index (κ3) is 9.51. The Labute approximate surface area is 369 Å². The molecule has 8 rings (SSSR count). The first kappa shape index (κ1) is 44.1. The lowest BCUT2D eigenvalue weighted by Gasteiger charge is -2.36. The monoisotopic (exact) mass is 895 g/mol. The fourth-order valence-electron chi connectivity index (χ4n) is 8.31. The molecule has 2 unspecified atom stereocenters. The van der Waals surface area contributed by atoms with Crippen molar-refractivity contribution in [2.24, 2.45) is 0 Å². The number of nitriles is 1. The second-order valence-electron chi connectivity index (χ2n) is 16.1. The minimum absolute atomic E-state index is 0.00699. The van der Waals surface area contributed by atoms with Gasteiger partial charge in [0.2, 0.25) is 17.7 Å². The third-order valence-electron chi connectivity index (χ3n) is 12.1. The fourth-order valence-corrected chi connectivity index (χ4v) is 9.06. The number of anilines is 2. The Hall–Kier alpha value is -6.56. The number of hydrogen-bond acceptors (Lipinski definition) is 11. The van der Waals surface area contributed by atoms with Gasteiger partial charge in [0.15, 0.2) is 22.7 Å². The summed E-state index contributed by atoms with van der Waals surface area (Å²) in [6, 6.07) is 13.1. The molecule has 0 bridgehead atoms. The van der Waals surface area contributed by atoms with Gasteiger partial charge in [-0.15, -0.1) is 0 Å². The van der Waals surface area contributed by atoms with Crippen LogP contribution >= 0.6 is 0 Å². The van der Waals surface area contributed by atoms with E-state index in [1.54, 1.807) is 42.3 Å². The first-order valence-corrected chi connectivity index (χ1v) is 22.3. The van der Waals surface area contributed by atoms with Gasteiger partial charge in [-0.05, 0) is 99.1 Å². The van der Waals surface area contributed by atoms with E-state index in [0.717, 1.165) is 6.07 Å². The fraction of sp³-hybridized carbons (Fsp3) is 0.386. The van der Waals surface area contributed by atoms with Crippen LogP contribution < -0.4 is 25.7 Å². The number of aromatic nitrogens is 4. The molecule has 3 aromatic carbocycles. The first-order valence-electron chi connectivity index (χ1n) is 21.1. The van der Waals surface area contributed by atoms with Crippen LogP contribution in [-0.4, -0.2) is 108 Å². The summed E-state index contributed by atoms with van der Waals surface area (Å²) in [6.07, 6.45) is 8.06. The van der Waals surface area contributed by atoms with E-state index in [9.17, 15) is 28.6 Å². The van der Waals surface area contributed by atoms with E-state index in [0.29, 0.717) is 87.3 Å². The number of hydrogen-bond donors (Lipinski definition) is 3. The van der Waals surface area contributed by atoms with Crippen molar-refractivity contribution in [3.05, 3.63) is 100 Å². The Bertz CT molecular complexity index is 2720. The summed E-state index contributed by atoms with van der Waals surface area (Å²) in [5.41, 5.74) is 1.46. The Kier molecular flexibility index (Phi) is 13.1. The predicted octanol–water partition coefficient (Wildman–Crippen LogP) is 4.73. The Morgan fingerprint density at radius 1 is 1.02 bits per heavy atom. The highest BCUT2D eigenvalue weighted by Gasteiger charge is 2.30. The summed E-state index contributed by atoms with van der Waals surface area (Å²) in [4.78, 5) is 59.2. The Morgan fingerprint density at radius 2 is 1.80 bits per heavy atom. The van der Waals surface area contributed by atoms with Crippen molar-refractivity contribution >= 4 is 51.2 Å². The lowest BCUT2D eigenvalue weighted by Crippen LogP contribution is -2.47. The number of nitrogens with zero attached hydrogens (tertiary/aromatic N) is 8. The van der Waals surface area contributed by atoms with Crippen LogP contribution in [-0.2, 0) is 25.6 Å². The topological polar surface area (TPSA) is 200 Å². The highest BCUT2D eigenvalue weighted by molar-refractivity contribution is 7.84. The quantitative estimate of drug-likeness (QED) is 0.138. The van der Waals surface area contributed by atoms with E-state index < -0.39 is 34.5 Å². The molecule has 3 aliphatic heterocycles. The first-order chi connectivity index (χ1) is 30.9. The molecule has 2 atom stereocenters. The molecule has 2 aromatic heterocycles. The van der Waals surface area contributed by atoms with Gasteiger partial charge >= 0.3 is 0 Å². The molecule has 5 aromatic rings. The van der Waals surface area contributed by atoms with Gasteiger partial charge in [0, 0.05) is 45.0 Å². The summed E-state index contributed by atoms with van der Waals surface area (Å²) in [5, 5.41) is 20.0. The predicted molar refractivity (Wildman–Crippen MR) is 234 cm³/mol. The molecule has 64 heavy (non-hydrogen) atoms. The van der Waals surface area contributed by atoms with Gasteiger partial charge in [-0.1, -0.05) is 13.0 Å². The summed E-state index contributed by atoms with van der Waals surface area (Å²) in [7, 11) is 1.63. The number of halogens is 2. The number of benzene rings is 3. The maximum absolute atomic E-state index is 15.3. The van der Waals surface area contributed by atoms with Gasteiger partial charge in [-0.25, -0.2) is 22.3 Å². The van der Waals surface area contributed by atoms with Crippen molar-refractivity contribution in [2.45, 2.75) is 63.5 Å². The molecule has 17 nitrogen and oxygen atoms in total. The van der Waals surface area contributed by atoms with Gasteiger partial charge in [0.05, 0.1) is 41.1 Å². The standard InChI is InChI=1S/C44H47F2N11O6S/c1-3-53(2)64(62)52-38-9-7-35(45)42(34(38)22-47)63-31-5-8-37-33(21-31)44(61)56(26-48-37)30-23-49-57(24-30)29-14-18-55(19-15-29)41(59)25-54-16-12-27(13-17-54)32-6-4-28(20-36(32)46)50-39-10-11-40(58)51-43(39)60/h4-9,20-21,23-24,26-27,29,39,50,52H,3,10-19,25H2,1-2H3,(H,51,58,60). The lowest BCUT2D eigenvalue weighted by molar-refractivity contribution is -0.135. The smallest absolute Gasteiger partial charge is 0.266 e. The number of nitrogens with one attached hydrogen (secondary N) is 3. The van der Waals surface area contributed by atoms with E-state index in [1.807, 2.05) is 17.9 Å². The Morgan fingerprint density at radius 3 is 2.52 bits per heavy atom. The van der Waals surface area contributed by atoms with Gasteiger partial charge < -0.3 is 15.0 Å². The van der Waals surface area contributed by atoms with Gasteiger partial charge in [-0.3, -0.25) is 43.4 Å². The molecule has 3 saturated heterocycles. The van der Waals surface area contributed by atoms with Crippen LogP contribution in [0.5, 0.6) is 11.5 Å². The highest BCUT2D eigenvalue weighted by atomic mass is 32.2. The van der Waals surface area contributed by atoms with E-state index in [2.05, 4.69) is 30.3 Å². The maximum atomic E-state index is 15.3. The molecular weight excluding hydrogens is 849 g/mol. The maximum Gasteiger partial charge on any atom is 0.266 e.